The number of sulfonamides is 1. The van der Waals surface area contributed by atoms with Gasteiger partial charge in [0.2, 0.25) is 15.9 Å². The number of aromatic nitrogens is 1. The first-order valence-electron chi connectivity index (χ1n) is 9.86. The van der Waals surface area contributed by atoms with Gasteiger partial charge in [0.15, 0.2) is 0 Å². The van der Waals surface area contributed by atoms with Crippen LogP contribution in [0.3, 0.4) is 0 Å². The van der Waals surface area contributed by atoms with Gasteiger partial charge < -0.3 is 10.6 Å². The molecule has 0 saturated heterocycles. The summed E-state index contributed by atoms with van der Waals surface area (Å²) in [5, 5.41) is 5.81. The summed E-state index contributed by atoms with van der Waals surface area (Å²) in [5.41, 5.74) is 0.733. The number of amides is 1. The Kier molecular flexibility index (Phi) is 8.31. The van der Waals surface area contributed by atoms with Crippen molar-refractivity contribution >= 4 is 21.7 Å². The predicted molar refractivity (Wildman–Crippen MR) is 115 cm³/mol. The van der Waals surface area contributed by atoms with Crippen LogP contribution < -0.4 is 10.6 Å². The van der Waals surface area contributed by atoms with Gasteiger partial charge in [-0.15, -0.1) is 0 Å². The third-order valence-electron chi connectivity index (χ3n) is 4.36. The molecule has 30 heavy (non-hydrogen) atoms. The van der Waals surface area contributed by atoms with Crippen molar-refractivity contribution in [1.82, 2.24) is 14.6 Å². The van der Waals surface area contributed by atoms with Crippen LogP contribution in [0.5, 0.6) is 0 Å². The van der Waals surface area contributed by atoms with E-state index in [-0.39, 0.29) is 35.1 Å². The van der Waals surface area contributed by atoms with Crippen LogP contribution in [0, 0.1) is 5.82 Å². The van der Waals surface area contributed by atoms with Crippen molar-refractivity contribution in [2.45, 2.75) is 51.1 Å². The van der Waals surface area contributed by atoms with E-state index in [1.807, 2.05) is 27.7 Å². The molecule has 0 radical (unpaired) electrons. The standard InChI is InChI=1S/C21H29FN4O3S/c1-15(2)26(16(3)4)30(28,29)19-9-10-20(25-14-19)23-11-12-24-21(27)13-17-5-7-18(22)8-6-17/h5-10,14-16H,11-13H2,1-4H3,(H,23,25)(H,24,27). The van der Waals surface area contributed by atoms with E-state index < -0.39 is 10.0 Å². The molecule has 0 fully saturated rings. The number of halogens is 1. The number of nitrogens with zero attached hydrogens (tertiary/aromatic N) is 2. The fourth-order valence-electron chi connectivity index (χ4n) is 3.15. The SMILES string of the molecule is CC(C)N(C(C)C)S(=O)(=O)c1ccc(NCCNC(=O)Cc2ccc(F)cc2)nc1. The van der Waals surface area contributed by atoms with Crippen molar-refractivity contribution in [3.05, 3.63) is 54.0 Å². The zero-order chi connectivity index (χ0) is 22.3. The maximum absolute atomic E-state index is 12.9. The van der Waals surface area contributed by atoms with E-state index >= 15 is 0 Å². The minimum atomic E-state index is -3.62. The molecular weight excluding hydrogens is 407 g/mol. The highest BCUT2D eigenvalue weighted by Crippen LogP contribution is 2.21. The molecule has 1 heterocycles. The quantitative estimate of drug-likeness (QED) is 0.559. The van der Waals surface area contributed by atoms with Crippen molar-refractivity contribution in [2.24, 2.45) is 0 Å². The maximum Gasteiger partial charge on any atom is 0.245 e. The molecule has 1 amide bonds. The number of nitrogens with one attached hydrogen (secondary N) is 2. The molecule has 0 aliphatic carbocycles. The first kappa shape index (κ1) is 23.8. The summed E-state index contributed by atoms with van der Waals surface area (Å²) in [7, 11) is -3.62. The summed E-state index contributed by atoms with van der Waals surface area (Å²) >= 11 is 0. The highest BCUT2D eigenvalue weighted by atomic mass is 32.2. The molecule has 0 atom stereocenters. The molecular formula is C21H29FN4O3S. The molecule has 0 aliphatic rings. The molecule has 0 spiro atoms. The molecule has 0 unspecified atom stereocenters. The van der Waals surface area contributed by atoms with E-state index in [4.69, 9.17) is 0 Å². The van der Waals surface area contributed by atoms with E-state index in [9.17, 15) is 17.6 Å². The van der Waals surface area contributed by atoms with Gasteiger partial charge in [0.25, 0.3) is 0 Å². The van der Waals surface area contributed by atoms with Gasteiger partial charge in [0.05, 0.1) is 6.42 Å². The molecule has 9 heteroatoms. The van der Waals surface area contributed by atoms with Crippen molar-refractivity contribution in [1.29, 1.82) is 0 Å². The van der Waals surface area contributed by atoms with Gasteiger partial charge in [0.1, 0.15) is 16.5 Å². The Labute approximate surface area is 177 Å². The van der Waals surface area contributed by atoms with Gasteiger partial charge in [-0.05, 0) is 57.5 Å². The average Bonchev–Trinajstić information content (AvgIpc) is 2.66. The number of hydrogen-bond donors (Lipinski definition) is 2. The number of carbonyl (C=O) groups excluding carboxylic acids is 1. The fourth-order valence-corrected chi connectivity index (χ4v) is 4.93. The van der Waals surface area contributed by atoms with Gasteiger partial charge in [0, 0.05) is 31.4 Å². The summed E-state index contributed by atoms with van der Waals surface area (Å²) in [6.45, 7) is 8.15. The van der Waals surface area contributed by atoms with Gasteiger partial charge >= 0.3 is 0 Å². The molecule has 1 aromatic heterocycles. The zero-order valence-electron chi connectivity index (χ0n) is 17.7. The molecule has 2 N–H and O–H groups in total. The van der Waals surface area contributed by atoms with E-state index in [1.54, 1.807) is 18.2 Å². The Morgan fingerprint density at radius 1 is 1.03 bits per heavy atom. The second-order valence-corrected chi connectivity index (χ2v) is 9.32. The first-order valence-corrected chi connectivity index (χ1v) is 11.3. The van der Waals surface area contributed by atoms with Crippen LogP contribution in [0.25, 0.3) is 0 Å². The van der Waals surface area contributed by atoms with Crippen LogP contribution in [0.1, 0.15) is 33.3 Å². The number of carbonyl (C=O) groups is 1. The Balaban J connectivity index is 1.84. The summed E-state index contributed by atoms with van der Waals surface area (Å²) in [6, 6.07) is 8.60. The maximum atomic E-state index is 12.9. The van der Waals surface area contributed by atoms with Crippen molar-refractivity contribution in [2.75, 3.05) is 18.4 Å². The number of rotatable bonds is 10. The summed E-state index contributed by atoms with van der Waals surface area (Å²) in [4.78, 5) is 16.2. The Morgan fingerprint density at radius 2 is 1.67 bits per heavy atom. The number of benzene rings is 1. The predicted octanol–water partition coefficient (Wildman–Crippen LogP) is 2.80. The summed E-state index contributed by atoms with van der Waals surface area (Å²) in [5.74, 6) is 0.0124. The van der Waals surface area contributed by atoms with E-state index in [1.165, 1.54) is 28.7 Å². The van der Waals surface area contributed by atoms with Crippen LogP contribution in [-0.2, 0) is 21.2 Å². The van der Waals surface area contributed by atoms with E-state index in [0.29, 0.717) is 18.9 Å². The highest BCUT2D eigenvalue weighted by molar-refractivity contribution is 7.89. The first-order chi connectivity index (χ1) is 14.1. The zero-order valence-corrected chi connectivity index (χ0v) is 18.5. The number of pyridine rings is 1. The lowest BCUT2D eigenvalue weighted by atomic mass is 10.1. The molecule has 0 aliphatic heterocycles. The van der Waals surface area contributed by atoms with Gasteiger partial charge in [-0.2, -0.15) is 4.31 Å². The molecule has 0 saturated carbocycles. The lowest BCUT2D eigenvalue weighted by Gasteiger charge is -2.29. The molecule has 2 aromatic rings. The lowest BCUT2D eigenvalue weighted by Crippen LogP contribution is -2.41. The molecule has 1 aromatic carbocycles. The summed E-state index contributed by atoms with van der Waals surface area (Å²) < 4.78 is 40.0. The van der Waals surface area contributed by atoms with Crippen molar-refractivity contribution in [3.63, 3.8) is 0 Å². The minimum Gasteiger partial charge on any atom is -0.368 e. The normalized spacial score (nSPS) is 11.9. The number of anilines is 1. The average molecular weight is 437 g/mol. The lowest BCUT2D eigenvalue weighted by molar-refractivity contribution is -0.120. The van der Waals surface area contributed by atoms with Gasteiger partial charge in [-0.25, -0.2) is 17.8 Å². The van der Waals surface area contributed by atoms with Crippen LogP contribution in [-0.4, -0.2) is 48.8 Å². The fraction of sp³-hybridized carbons (Fsp3) is 0.429. The number of hydrogen-bond acceptors (Lipinski definition) is 5. The topological polar surface area (TPSA) is 91.4 Å². The Bertz CT molecular complexity index is 922. The van der Waals surface area contributed by atoms with Crippen molar-refractivity contribution in [3.8, 4) is 0 Å². The molecule has 0 bridgehead atoms. The Morgan fingerprint density at radius 3 is 2.20 bits per heavy atom. The monoisotopic (exact) mass is 436 g/mol. The second kappa shape index (κ2) is 10.5. The van der Waals surface area contributed by atoms with E-state index in [2.05, 4.69) is 15.6 Å². The van der Waals surface area contributed by atoms with Crippen LogP contribution in [0.2, 0.25) is 0 Å². The van der Waals surface area contributed by atoms with Crippen LogP contribution in [0.4, 0.5) is 10.2 Å². The molecule has 7 nitrogen and oxygen atoms in total. The third kappa shape index (κ3) is 6.50. The van der Waals surface area contributed by atoms with E-state index in [0.717, 1.165) is 5.56 Å². The van der Waals surface area contributed by atoms with Crippen LogP contribution >= 0.6 is 0 Å². The Hall–Kier alpha value is -2.52. The second-order valence-electron chi connectivity index (χ2n) is 7.48. The van der Waals surface area contributed by atoms with Gasteiger partial charge in [-0.3, -0.25) is 4.79 Å². The molecule has 2 rings (SSSR count). The van der Waals surface area contributed by atoms with Crippen molar-refractivity contribution < 1.29 is 17.6 Å². The highest BCUT2D eigenvalue weighted by Gasteiger charge is 2.29. The minimum absolute atomic E-state index is 0.142. The smallest absolute Gasteiger partial charge is 0.245 e. The largest absolute Gasteiger partial charge is 0.368 e. The molecule has 164 valence electrons. The van der Waals surface area contributed by atoms with Gasteiger partial charge in [-0.1, -0.05) is 12.1 Å². The van der Waals surface area contributed by atoms with Crippen LogP contribution in [0.15, 0.2) is 47.5 Å². The third-order valence-corrected chi connectivity index (χ3v) is 6.60. The summed E-state index contributed by atoms with van der Waals surface area (Å²) in [6.07, 6.45) is 1.51.